The number of esters is 1. The first kappa shape index (κ1) is 26.5. The number of halogens is 1. The summed E-state index contributed by atoms with van der Waals surface area (Å²) < 4.78 is 19.4. The van der Waals surface area contributed by atoms with Crippen LogP contribution in [0, 0.1) is 5.82 Å². The van der Waals surface area contributed by atoms with Gasteiger partial charge < -0.3 is 20.3 Å². The van der Waals surface area contributed by atoms with Crippen LogP contribution in [0.4, 0.5) is 14.0 Å². The third-order valence-corrected chi connectivity index (χ3v) is 6.09. The molecule has 2 heterocycles. The van der Waals surface area contributed by atoms with Crippen LogP contribution in [0.25, 0.3) is 0 Å². The van der Waals surface area contributed by atoms with Crippen molar-refractivity contribution in [3.8, 4) is 0 Å². The molecule has 1 aromatic rings. The highest BCUT2D eigenvalue weighted by molar-refractivity contribution is 5.95. The summed E-state index contributed by atoms with van der Waals surface area (Å²) >= 11 is 0. The van der Waals surface area contributed by atoms with Gasteiger partial charge in [-0.25, -0.2) is 18.8 Å². The molecule has 2 aliphatic heterocycles. The quantitative estimate of drug-likeness (QED) is 0.575. The van der Waals surface area contributed by atoms with Crippen LogP contribution < -0.4 is 10.6 Å². The minimum Gasteiger partial charge on any atom is -0.463 e. The van der Waals surface area contributed by atoms with E-state index in [1.807, 2.05) is 20.8 Å². The van der Waals surface area contributed by atoms with Crippen LogP contribution in [0.2, 0.25) is 0 Å². The molecular formula is C25H36FN5O4. The number of likely N-dealkylation sites (N-methyl/N-ethyl adjacent to an activating group) is 1. The molecule has 0 bridgehead atoms. The molecule has 1 aromatic carbocycles. The molecule has 3 rings (SSSR count). The number of amides is 4. The van der Waals surface area contributed by atoms with Crippen LogP contribution in [0.3, 0.4) is 0 Å². The molecule has 1 saturated heterocycles. The molecule has 1 unspecified atom stereocenters. The van der Waals surface area contributed by atoms with E-state index >= 15 is 0 Å². The normalized spacial score (nSPS) is 19.5. The van der Waals surface area contributed by atoms with Gasteiger partial charge in [0.2, 0.25) is 0 Å². The van der Waals surface area contributed by atoms with E-state index in [0.29, 0.717) is 56.1 Å². The molecule has 10 heteroatoms. The number of ether oxygens (including phenoxy) is 1. The molecule has 1 fully saturated rings. The SMILES string of the molecule is CCOC(=O)C1=C(CN2CCCN(C(=O)NC(C)C)CC2)N(CC)C(=O)NC1c1cccc(F)c1. The maximum Gasteiger partial charge on any atom is 0.338 e. The van der Waals surface area contributed by atoms with Crippen LogP contribution in [0.1, 0.15) is 45.7 Å². The van der Waals surface area contributed by atoms with Gasteiger partial charge in [-0.15, -0.1) is 0 Å². The van der Waals surface area contributed by atoms with Gasteiger partial charge >= 0.3 is 18.0 Å². The average molecular weight is 490 g/mol. The second-order valence-corrected chi connectivity index (χ2v) is 8.98. The Morgan fingerprint density at radius 1 is 1.20 bits per heavy atom. The molecule has 0 radical (unpaired) electrons. The van der Waals surface area contributed by atoms with E-state index in [0.717, 1.165) is 6.42 Å². The number of hydrogen-bond acceptors (Lipinski definition) is 5. The van der Waals surface area contributed by atoms with Gasteiger partial charge in [-0.1, -0.05) is 12.1 Å². The molecule has 2 aliphatic rings. The minimum absolute atomic E-state index is 0.0535. The smallest absolute Gasteiger partial charge is 0.338 e. The molecule has 192 valence electrons. The minimum atomic E-state index is -0.824. The van der Waals surface area contributed by atoms with Crippen molar-refractivity contribution < 1.29 is 23.5 Å². The summed E-state index contributed by atoms with van der Waals surface area (Å²) in [5.41, 5.74) is 1.32. The van der Waals surface area contributed by atoms with Crippen molar-refractivity contribution in [1.29, 1.82) is 0 Å². The number of nitrogens with zero attached hydrogens (tertiary/aromatic N) is 3. The molecule has 4 amide bonds. The molecule has 0 aromatic heterocycles. The fraction of sp³-hybridized carbons (Fsp3) is 0.560. The van der Waals surface area contributed by atoms with E-state index in [1.54, 1.807) is 24.0 Å². The number of urea groups is 2. The van der Waals surface area contributed by atoms with Crippen LogP contribution in [0.15, 0.2) is 35.5 Å². The Morgan fingerprint density at radius 2 is 1.97 bits per heavy atom. The predicted molar refractivity (Wildman–Crippen MR) is 130 cm³/mol. The van der Waals surface area contributed by atoms with Crippen molar-refractivity contribution in [2.45, 2.75) is 46.2 Å². The molecule has 0 spiro atoms. The van der Waals surface area contributed by atoms with Crippen molar-refractivity contribution in [1.82, 2.24) is 25.3 Å². The largest absolute Gasteiger partial charge is 0.463 e. The monoisotopic (exact) mass is 489 g/mol. The lowest BCUT2D eigenvalue weighted by Gasteiger charge is -2.38. The zero-order chi connectivity index (χ0) is 25.5. The molecule has 2 N–H and O–H groups in total. The Morgan fingerprint density at radius 3 is 2.63 bits per heavy atom. The van der Waals surface area contributed by atoms with Crippen LogP contribution in [-0.2, 0) is 9.53 Å². The zero-order valence-corrected chi connectivity index (χ0v) is 21.0. The van der Waals surface area contributed by atoms with Crippen molar-refractivity contribution in [3.05, 3.63) is 46.9 Å². The Bertz CT molecular complexity index is 967. The van der Waals surface area contributed by atoms with Gasteiger partial charge in [0.15, 0.2) is 0 Å². The Kier molecular flexibility index (Phi) is 9.08. The van der Waals surface area contributed by atoms with Crippen molar-refractivity contribution >= 4 is 18.0 Å². The first-order valence-corrected chi connectivity index (χ1v) is 12.3. The molecule has 35 heavy (non-hydrogen) atoms. The lowest BCUT2D eigenvalue weighted by atomic mass is 9.94. The Labute approximate surface area is 206 Å². The standard InChI is InChI=1S/C25H36FN5O4/c1-5-31-20(16-29-11-8-12-30(14-13-29)24(33)27-17(3)4)21(23(32)35-6-2)22(28-25(31)34)18-9-7-10-19(26)15-18/h7,9-10,15,17,22H,5-6,8,11-14,16H2,1-4H3,(H,27,33)(H,28,34). The van der Waals surface area contributed by atoms with Gasteiger partial charge in [-0.2, -0.15) is 0 Å². The summed E-state index contributed by atoms with van der Waals surface area (Å²) in [5, 5.41) is 5.78. The summed E-state index contributed by atoms with van der Waals surface area (Å²) in [6.07, 6.45) is 0.763. The van der Waals surface area contributed by atoms with Gasteiger partial charge in [-0.05, 0) is 51.8 Å². The Balaban J connectivity index is 1.93. The van der Waals surface area contributed by atoms with Crippen molar-refractivity contribution in [3.63, 3.8) is 0 Å². The van der Waals surface area contributed by atoms with Gasteiger partial charge in [0.25, 0.3) is 0 Å². The van der Waals surface area contributed by atoms with Crippen LogP contribution in [-0.4, -0.2) is 84.6 Å². The summed E-state index contributed by atoms with van der Waals surface area (Å²) in [5.74, 6) is -0.991. The predicted octanol–water partition coefficient (Wildman–Crippen LogP) is 2.85. The van der Waals surface area contributed by atoms with Gasteiger partial charge in [0.05, 0.1) is 18.2 Å². The summed E-state index contributed by atoms with van der Waals surface area (Å²) in [6, 6.07) is 4.67. The molecular weight excluding hydrogens is 453 g/mol. The number of hydrogen-bond donors (Lipinski definition) is 2. The Hall–Kier alpha value is -3.14. The summed E-state index contributed by atoms with van der Waals surface area (Å²) in [6.45, 7) is 10.7. The van der Waals surface area contributed by atoms with E-state index in [4.69, 9.17) is 4.74 Å². The highest BCUT2D eigenvalue weighted by Crippen LogP contribution is 2.32. The van der Waals surface area contributed by atoms with E-state index < -0.39 is 17.8 Å². The molecule has 0 saturated carbocycles. The third-order valence-electron chi connectivity index (χ3n) is 6.09. The highest BCUT2D eigenvalue weighted by atomic mass is 19.1. The number of rotatable bonds is 7. The maximum absolute atomic E-state index is 14.0. The zero-order valence-electron chi connectivity index (χ0n) is 21.0. The number of carbonyl (C=O) groups is 3. The van der Waals surface area contributed by atoms with Crippen LogP contribution >= 0.6 is 0 Å². The lowest BCUT2D eigenvalue weighted by Crippen LogP contribution is -2.51. The molecule has 1 atom stereocenters. The van der Waals surface area contributed by atoms with Gasteiger partial charge in [0, 0.05) is 51.0 Å². The van der Waals surface area contributed by atoms with Crippen molar-refractivity contribution in [2.75, 3.05) is 45.9 Å². The van der Waals surface area contributed by atoms with E-state index in [1.165, 1.54) is 17.0 Å². The van der Waals surface area contributed by atoms with E-state index in [2.05, 4.69) is 15.5 Å². The van der Waals surface area contributed by atoms with E-state index in [-0.39, 0.29) is 24.7 Å². The number of nitrogens with one attached hydrogen (secondary N) is 2. The summed E-state index contributed by atoms with van der Waals surface area (Å²) in [4.78, 5) is 44.2. The number of benzene rings is 1. The van der Waals surface area contributed by atoms with Gasteiger partial charge in [-0.3, -0.25) is 9.80 Å². The van der Waals surface area contributed by atoms with Gasteiger partial charge in [0.1, 0.15) is 5.82 Å². The fourth-order valence-electron chi connectivity index (χ4n) is 4.48. The highest BCUT2D eigenvalue weighted by Gasteiger charge is 2.38. The van der Waals surface area contributed by atoms with E-state index in [9.17, 15) is 18.8 Å². The number of carbonyl (C=O) groups excluding carboxylic acids is 3. The average Bonchev–Trinajstić information content (AvgIpc) is 3.04. The van der Waals surface area contributed by atoms with Crippen molar-refractivity contribution in [2.24, 2.45) is 0 Å². The first-order chi connectivity index (χ1) is 16.7. The second-order valence-electron chi connectivity index (χ2n) is 8.98. The topological polar surface area (TPSA) is 94.2 Å². The molecule has 9 nitrogen and oxygen atoms in total. The third kappa shape index (κ3) is 6.50. The fourth-order valence-corrected chi connectivity index (χ4v) is 4.48. The van der Waals surface area contributed by atoms with Crippen LogP contribution in [0.5, 0.6) is 0 Å². The molecule has 0 aliphatic carbocycles. The first-order valence-electron chi connectivity index (χ1n) is 12.3. The maximum atomic E-state index is 14.0. The second kappa shape index (κ2) is 12.0. The summed E-state index contributed by atoms with van der Waals surface area (Å²) in [7, 11) is 0. The lowest BCUT2D eigenvalue weighted by molar-refractivity contribution is -0.139.